The normalized spacial score (nSPS) is 19.0. The number of aromatic nitrogens is 1. The summed E-state index contributed by atoms with van der Waals surface area (Å²) in [7, 11) is -4.06. The molecular formula is C33H30N4O6S. The van der Waals surface area contributed by atoms with Gasteiger partial charge in [0.25, 0.3) is 15.9 Å². The van der Waals surface area contributed by atoms with Gasteiger partial charge in [0, 0.05) is 24.7 Å². The lowest BCUT2D eigenvalue weighted by atomic mass is 10.0. The van der Waals surface area contributed by atoms with Crippen LogP contribution in [0.4, 0.5) is 0 Å². The van der Waals surface area contributed by atoms with Crippen molar-refractivity contribution >= 4 is 27.6 Å². The fourth-order valence-corrected chi connectivity index (χ4v) is 7.47. The Kier molecular flexibility index (Phi) is 7.98. The van der Waals surface area contributed by atoms with Crippen LogP contribution >= 0.6 is 0 Å². The highest BCUT2D eigenvalue weighted by molar-refractivity contribution is 7.89. The van der Waals surface area contributed by atoms with E-state index in [0.29, 0.717) is 11.1 Å². The summed E-state index contributed by atoms with van der Waals surface area (Å²) in [4.78, 5) is 46.1. The first-order valence-electron chi connectivity index (χ1n) is 14.2. The molecule has 0 bridgehead atoms. The zero-order valence-corrected chi connectivity index (χ0v) is 24.4. The van der Waals surface area contributed by atoms with Gasteiger partial charge in [0.1, 0.15) is 17.8 Å². The Morgan fingerprint density at radius 1 is 0.909 bits per heavy atom. The summed E-state index contributed by atoms with van der Waals surface area (Å²) < 4.78 is 27.8. The van der Waals surface area contributed by atoms with Crippen LogP contribution in [0, 0.1) is 0 Å². The van der Waals surface area contributed by atoms with E-state index in [9.17, 15) is 27.9 Å². The number of nitrogens with zero attached hydrogens (tertiary/aromatic N) is 3. The molecule has 2 N–H and O–H groups in total. The molecule has 0 spiro atoms. The molecule has 224 valence electrons. The van der Waals surface area contributed by atoms with Crippen molar-refractivity contribution < 1.29 is 27.9 Å². The fraction of sp³-hybridized carbons (Fsp3) is 0.212. The largest absolute Gasteiger partial charge is 0.508 e. The molecule has 1 aromatic heterocycles. The summed E-state index contributed by atoms with van der Waals surface area (Å²) in [5.74, 6) is -1.27. The Balaban J connectivity index is 1.24. The molecule has 2 fully saturated rings. The van der Waals surface area contributed by atoms with Crippen LogP contribution < -0.4 is 5.32 Å². The highest BCUT2D eigenvalue weighted by Crippen LogP contribution is 2.34. The standard InChI is InChI=1S/C33H30N4O6S/c38-26-15-9-22(10-16-26)20-27(35-32(40)25-13-11-24(12-14-25)23-6-2-1-3-7-23)33(41)36-19-17-28-31(36)29(39)21-37(28)44(42,43)30-8-4-5-18-34-30/h1-16,18,27-28,31,38H,17,19-21H2,(H,35,40). The van der Waals surface area contributed by atoms with E-state index in [0.717, 1.165) is 15.4 Å². The zero-order chi connectivity index (χ0) is 30.8. The summed E-state index contributed by atoms with van der Waals surface area (Å²) in [6, 6.07) is 24.9. The lowest BCUT2D eigenvalue weighted by Gasteiger charge is -2.28. The van der Waals surface area contributed by atoms with Crippen molar-refractivity contribution in [2.45, 2.75) is 36.0 Å². The van der Waals surface area contributed by atoms with Crippen LogP contribution in [-0.4, -0.2) is 76.5 Å². The van der Waals surface area contributed by atoms with E-state index < -0.39 is 40.0 Å². The van der Waals surface area contributed by atoms with Crippen LogP contribution in [0.25, 0.3) is 11.1 Å². The van der Waals surface area contributed by atoms with Crippen LogP contribution in [0.1, 0.15) is 22.3 Å². The minimum Gasteiger partial charge on any atom is -0.508 e. The molecule has 2 amide bonds. The zero-order valence-electron chi connectivity index (χ0n) is 23.6. The molecule has 0 aliphatic carbocycles. The monoisotopic (exact) mass is 610 g/mol. The van der Waals surface area contributed by atoms with Gasteiger partial charge in [-0.15, -0.1) is 0 Å². The Hall–Kier alpha value is -4.87. The molecule has 0 radical (unpaired) electrons. The molecule has 0 saturated carbocycles. The number of carbonyl (C=O) groups excluding carboxylic acids is 3. The topological polar surface area (TPSA) is 137 Å². The Morgan fingerprint density at radius 2 is 1.59 bits per heavy atom. The van der Waals surface area contributed by atoms with Crippen molar-refractivity contribution in [1.29, 1.82) is 0 Å². The van der Waals surface area contributed by atoms with Crippen LogP contribution in [0.2, 0.25) is 0 Å². The lowest BCUT2D eigenvalue weighted by molar-refractivity contribution is -0.138. The van der Waals surface area contributed by atoms with Gasteiger partial charge in [-0.3, -0.25) is 14.4 Å². The van der Waals surface area contributed by atoms with Crippen LogP contribution in [0.3, 0.4) is 0 Å². The fourth-order valence-electron chi connectivity index (χ4n) is 5.91. The van der Waals surface area contributed by atoms with E-state index in [1.54, 1.807) is 36.4 Å². The number of likely N-dealkylation sites (tertiary alicyclic amines) is 1. The molecule has 11 heteroatoms. The quantitative estimate of drug-likeness (QED) is 0.313. The van der Waals surface area contributed by atoms with Gasteiger partial charge in [0.2, 0.25) is 5.91 Å². The molecule has 10 nitrogen and oxygen atoms in total. The summed E-state index contributed by atoms with van der Waals surface area (Å²) in [6.07, 6.45) is 1.75. The highest BCUT2D eigenvalue weighted by atomic mass is 32.2. The van der Waals surface area contributed by atoms with Gasteiger partial charge in [-0.2, -0.15) is 4.31 Å². The third-order valence-electron chi connectivity index (χ3n) is 8.11. The first kappa shape index (κ1) is 29.2. The Morgan fingerprint density at radius 3 is 2.27 bits per heavy atom. The number of rotatable bonds is 8. The van der Waals surface area contributed by atoms with Gasteiger partial charge in [-0.25, -0.2) is 13.4 Å². The van der Waals surface area contributed by atoms with Gasteiger partial charge in [-0.1, -0.05) is 60.7 Å². The summed E-state index contributed by atoms with van der Waals surface area (Å²) in [6.45, 7) is -0.206. The number of sulfonamides is 1. The number of nitrogens with one attached hydrogen (secondary N) is 1. The molecular weight excluding hydrogens is 580 g/mol. The van der Waals surface area contributed by atoms with Crippen LogP contribution in [0.15, 0.2) is 108 Å². The molecule has 4 aromatic rings. The lowest BCUT2D eigenvalue weighted by Crippen LogP contribution is -2.53. The molecule has 2 aliphatic rings. The number of aromatic hydroxyl groups is 1. The van der Waals surface area contributed by atoms with Crippen molar-refractivity contribution in [3.05, 3.63) is 114 Å². The third kappa shape index (κ3) is 5.71. The second kappa shape index (κ2) is 12.0. The van der Waals surface area contributed by atoms with E-state index in [1.807, 2.05) is 42.5 Å². The molecule has 3 unspecified atom stereocenters. The molecule has 3 atom stereocenters. The number of Topliss-reactive ketones (excluding diaryl/α,β-unsaturated/α-hetero) is 1. The van der Waals surface area contributed by atoms with Crippen LogP contribution in [-0.2, 0) is 26.0 Å². The van der Waals surface area contributed by atoms with Crippen molar-refractivity contribution in [1.82, 2.24) is 19.5 Å². The number of ketones is 1. The number of hydrogen-bond donors (Lipinski definition) is 2. The Labute approximate surface area is 255 Å². The number of phenolic OH excluding ortho intramolecular Hbond substituents is 1. The number of hydrogen-bond acceptors (Lipinski definition) is 7. The maximum Gasteiger partial charge on any atom is 0.261 e. The van der Waals surface area contributed by atoms with Crippen LogP contribution in [0.5, 0.6) is 5.75 Å². The number of pyridine rings is 1. The Bertz CT molecular complexity index is 1780. The predicted molar refractivity (Wildman–Crippen MR) is 162 cm³/mol. The van der Waals surface area contributed by atoms with E-state index in [-0.39, 0.29) is 42.5 Å². The number of benzene rings is 3. The molecule has 6 rings (SSSR count). The van der Waals surface area contributed by atoms with Gasteiger partial charge in [0.05, 0.1) is 12.6 Å². The van der Waals surface area contributed by atoms with E-state index in [1.165, 1.54) is 29.3 Å². The number of fused-ring (bicyclic) bond motifs is 1. The van der Waals surface area contributed by atoms with E-state index in [2.05, 4.69) is 10.3 Å². The van der Waals surface area contributed by atoms with Gasteiger partial charge < -0.3 is 15.3 Å². The number of amides is 2. The van der Waals surface area contributed by atoms with Crippen molar-refractivity contribution in [2.75, 3.05) is 13.1 Å². The average molecular weight is 611 g/mol. The maximum absolute atomic E-state index is 14.1. The first-order valence-corrected chi connectivity index (χ1v) is 15.7. The second-order valence-corrected chi connectivity index (χ2v) is 12.7. The minimum atomic E-state index is -4.06. The predicted octanol–water partition coefficient (Wildman–Crippen LogP) is 3.04. The average Bonchev–Trinajstić information content (AvgIpc) is 3.63. The van der Waals surface area contributed by atoms with E-state index in [4.69, 9.17) is 0 Å². The first-order chi connectivity index (χ1) is 21.2. The molecule has 3 heterocycles. The smallest absolute Gasteiger partial charge is 0.261 e. The van der Waals surface area contributed by atoms with Crippen molar-refractivity contribution in [3.63, 3.8) is 0 Å². The molecule has 44 heavy (non-hydrogen) atoms. The highest BCUT2D eigenvalue weighted by Gasteiger charge is 2.54. The summed E-state index contributed by atoms with van der Waals surface area (Å²) in [5, 5.41) is 12.4. The van der Waals surface area contributed by atoms with Gasteiger partial charge in [0.15, 0.2) is 10.8 Å². The van der Waals surface area contributed by atoms with Gasteiger partial charge >= 0.3 is 0 Å². The number of phenols is 1. The molecule has 3 aromatic carbocycles. The molecule has 2 saturated heterocycles. The number of carbonyl (C=O) groups is 3. The molecule has 2 aliphatic heterocycles. The summed E-state index contributed by atoms with van der Waals surface area (Å²) in [5.41, 5.74) is 2.99. The second-order valence-electron chi connectivity index (χ2n) is 10.9. The van der Waals surface area contributed by atoms with Gasteiger partial charge in [-0.05, 0) is 59.5 Å². The summed E-state index contributed by atoms with van der Waals surface area (Å²) >= 11 is 0. The SMILES string of the molecule is O=C(NC(Cc1ccc(O)cc1)C(=O)N1CCC2C1C(=O)CN2S(=O)(=O)c1ccccn1)c1ccc(-c2ccccc2)cc1. The minimum absolute atomic E-state index is 0.0623. The van der Waals surface area contributed by atoms with E-state index >= 15 is 0 Å². The van der Waals surface area contributed by atoms with Crippen molar-refractivity contribution in [2.24, 2.45) is 0 Å². The third-order valence-corrected chi connectivity index (χ3v) is 9.89. The van der Waals surface area contributed by atoms with Crippen molar-refractivity contribution in [3.8, 4) is 16.9 Å². The maximum atomic E-state index is 14.1.